The van der Waals surface area contributed by atoms with Crippen LogP contribution >= 0.6 is 0 Å². The number of aryl methyl sites for hydroxylation is 1. The Hall–Kier alpha value is -0.900. The van der Waals surface area contributed by atoms with Crippen LogP contribution in [0.5, 0.6) is 0 Å². The maximum absolute atomic E-state index is 6.28. The molecule has 1 fully saturated rings. The highest BCUT2D eigenvalue weighted by Gasteiger charge is 2.31. The van der Waals surface area contributed by atoms with Crippen LogP contribution in [0.15, 0.2) is 24.3 Å². The van der Waals surface area contributed by atoms with Gasteiger partial charge in [0.15, 0.2) is 0 Å². The third-order valence-corrected chi connectivity index (χ3v) is 4.16. The zero-order valence-corrected chi connectivity index (χ0v) is 12.6. The second-order valence-corrected chi connectivity index (χ2v) is 6.06. The molecule has 0 radical (unpaired) electrons. The molecule has 3 nitrogen and oxygen atoms in total. The van der Waals surface area contributed by atoms with Crippen molar-refractivity contribution in [3.8, 4) is 0 Å². The first-order valence-electron chi connectivity index (χ1n) is 7.25. The van der Waals surface area contributed by atoms with Crippen molar-refractivity contribution < 1.29 is 0 Å². The molecule has 3 atom stereocenters. The van der Waals surface area contributed by atoms with E-state index in [9.17, 15) is 0 Å². The molecule has 0 amide bonds. The van der Waals surface area contributed by atoms with Gasteiger partial charge in [0.05, 0.1) is 0 Å². The Morgan fingerprint density at radius 2 is 1.84 bits per heavy atom. The lowest BCUT2D eigenvalue weighted by molar-refractivity contribution is 0.0521. The van der Waals surface area contributed by atoms with Gasteiger partial charge in [-0.25, -0.2) is 0 Å². The maximum Gasteiger partial charge on any atom is 0.0500 e. The molecule has 19 heavy (non-hydrogen) atoms. The standard InChI is InChI=1S/C16H27N3/c1-12-5-7-15(8-6-12)16(14(3)17)19-10-9-18(4)11-13(19)2/h5-8,13-14,16H,9-11,17H2,1-4H3. The monoisotopic (exact) mass is 261 g/mol. The van der Waals surface area contributed by atoms with E-state index in [-0.39, 0.29) is 6.04 Å². The highest BCUT2D eigenvalue weighted by Crippen LogP contribution is 2.27. The number of hydrogen-bond donors (Lipinski definition) is 1. The van der Waals surface area contributed by atoms with Gasteiger partial charge in [0, 0.05) is 37.8 Å². The minimum absolute atomic E-state index is 0.147. The number of likely N-dealkylation sites (N-methyl/N-ethyl adjacent to an activating group) is 1. The minimum Gasteiger partial charge on any atom is -0.326 e. The van der Waals surface area contributed by atoms with Crippen LogP contribution in [0.4, 0.5) is 0 Å². The first-order chi connectivity index (χ1) is 8.99. The fourth-order valence-electron chi connectivity index (χ4n) is 3.13. The summed E-state index contributed by atoms with van der Waals surface area (Å²) in [4.78, 5) is 4.96. The fraction of sp³-hybridized carbons (Fsp3) is 0.625. The van der Waals surface area contributed by atoms with Gasteiger partial charge in [0.2, 0.25) is 0 Å². The quantitative estimate of drug-likeness (QED) is 0.903. The molecule has 3 unspecified atom stereocenters. The normalized spacial score (nSPS) is 25.2. The van der Waals surface area contributed by atoms with Gasteiger partial charge < -0.3 is 10.6 Å². The lowest BCUT2D eigenvalue weighted by Gasteiger charge is -2.44. The summed E-state index contributed by atoms with van der Waals surface area (Å²) >= 11 is 0. The van der Waals surface area contributed by atoms with Gasteiger partial charge in [0.25, 0.3) is 0 Å². The molecule has 1 heterocycles. The number of hydrogen-bond acceptors (Lipinski definition) is 3. The third-order valence-electron chi connectivity index (χ3n) is 4.16. The molecule has 2 N–H and O–H groups in total. The van der Waals surface area contributed by atoms with Gasteiger partial charge in [-0.15, -0.1) is 0 Å². The van der Waals surface area contributed by atoms with E-state index in [1.54, 1.807) is 0 Å². The zero-order chi connectivity index (χ0) is 14.0. The topological polar surface area (TPSA) is 32.5 Å². The van der Waals surface area contributed by atoms with Gasteiger partial charge in [-0.3, -0.25) is 4.90 Å². The zero-order valence-electron chi connectivity index (χ0n) is 12.6. The molecule has 0 spiro atoms. The van der Waals surface area contributed by atoms with E-state index in [2.05, 4.69) is 61.9 Å². The van der Waals surface area contributed by atoms with E-state index in [1.165, 1.54) is 11.1 Å². The van der Waals surface area contributed by atoms with E-state index in [0.29, 0.717) is 12.1 Å². The van der Waals surface area contributed by atoms with E-state index in [4.69, 9.17) is 5.73 Å². The number of nitrogens with zero attached hydrogens (tertiary/aromatic N) is 2. The highest BCUT2D eigenvalue weighted by molar-refractivity contribution is 5.25. The summed E-state index contributed by atoms with van der Waals surface area (Å²) in [6.45, 7) is 9.89. The second-order valence-electron chi connectivity index (χ2n) is 6.06. The van der Waals surface area contributed by atoms with Crippen molar-refractivity contribution in [2.24, 2.45) is 5.73 Å². The number of piperazine rings is 1. The molecule has 1 aromatic rings. The summed E-state index contributed by atoms with van der Waals surface area (Å²) in [6, 6.07) is 9.86. The van der Waals surface area contributed by atoms with Crippen LogP contribution in [-0.2, 0) is 0 Å². The van der Waals surface area contributed by atoms with Crippen molar-refractivity contribution >= 4 is 0 Å². The summed E-state index contributed by atoms with van der Waals surface area (Å²) in [7, 11) is 2.20. The molecular weight excluding hydrogens is 234 g/mol. The Morgan fingerprint density at radius 3 is 2.37 bits per heavy atom. The SMILES string of the molecule is Cc1ccc(C(C(C)N)N2CCN(C)CC2C)cc1. The van der Waals surface area contributed by atoms with Gasteiger partial charge in [-0.1, -0.05) is 29.8 Å². The summed E-state index contributed by atoms with van der Waals surface area (Å²) in [6.07, 6.45) is 0. The predicted octanol–water partition coefficient (Wildman–Crippen LogP) is 2.02. The number of nitrogens with two attached hydrogens (primary N) is 1. The van der Waals surface area contributed by atoms with Gasteiger partial charge >= 0.3 is 0 Å². The van der Waals surface area contributed by atoms with Crippen molar-refractivity contribution in [2.75, 3.05) is 26.7 Å². The molecule has 3 heteroatoms. The van der Waals surface area contributed by atoms with Gasteiger partial charge in [-0.2, -0.15) is 0 Å². The molecular formula is C16H27N3. The number of benzene rings is 1. The van der Waals surface area contributed by atoms with Crippen molar-refractivity contribution in [2.45, 2.75) is 38.9 Å². The van der Waals surface area contributed by atoms with Crippen LogP contribution in [0.1, 0.15) is 31.0 Å². The summed E-state index contributed by atoms with van der Waals surface area (Å²) in [5.41, 5.74) is 8.93. The van der Waals surface area contributed by atoms with Crippen LogP contribution < -0.4 is 5.73 Å². The molecule has 0 saturated carbocycles. The van der Waals surface area contributed by atoms with Crippen molar-refractivity contribution in [1.82, 2.24) is 9.80 Å². The Balaban J connectivity index is 2.22. The minimum atomic E-state index is 0.147. The van der Waals surface area contributed by atoms with E-state index < -0.39 is 0 Å². The maximum atomic E-state index is 6.28. The molecule has 0 aromatic heterocycles. The first-order valence-corrected chi connectivity index (χ1v) is 7.25. The summed E-state index contributed by atoms with van der Waals surface area (Å²) in [5, 5.41) is 0. The highest BCUT2D eigenvalue weighted by atomic mass is 15.3. The fourth-order valence-corrected chi connectivity index (χ4v) is 3.13. The third kappa shape index (κ3) is 3.35. The van der Waals surface area contributed by atoms with E-state index in [0.717, 1.165) is 19.6 Å². The molecule has 1 aliphatic rings. The molecule has 1 saturated heterocycles. The second kappa shape index (κ2) is 6.04. The van der Waals surface area contributed by atoms with Gasteiger partial charge in [0.1, 0.15) is 0 Å². The van der Waals surface area contributed by atoms with Crippen LogP contribution in [0.2, 0.25) is 0 Å². The van der Waals surface area contributed by atoms with Crippen LogP contribution in [-0.4, -0.2) is 48.6 Å². The molecule has 0 aliphatic carbocycles. The Morgan fingerprint density at radius 1 is 1.21 bits per heavy atom. The molecule has 1 aliphatic heterocycles. The largest absolute Gasteiger partial charge is 0.326 e. The smallest absolute Gasteiger partial charge is 0.0500 e. The van der Waals surface area contributed by atoms with E-state index >= 15 is 0 Å². The average molecular weight is 261 g/mol. The molecule has 0 bridgehead atoms. The van der Waals surface area contributed by atoms with Crippen molar-refractivity contribution in [3.05, 3.63) is 35.4 Å². The predicted molar refractivity (Wildman–Crippen MR) is 81.2 cm³/mol. The molecule has 106 valence electrons. The Kier molecular flexibility index (Phi) is 4.61. The van der Waals surface area contributed by atoms with Crippen LogP contribution in [0.3, 0.4) is 0 Å². The van der Waals surface area contributed by atoms with Crippen molar-refractivity contribution in [1.29, 1.82) is 0 Å². The van der Waals surface area contributed by atoms with Crippen LogP contribution in [0, 0.1) is 6.92 Å². The Bertz CT molecular complexity index is 399. The Labute approximate surface area is 117 Å². The van der Waals surface area contributed by atoms with Crippen LogP contribution in [0.25, 0.3) is 0 Å². The first kappa shape index (κ1) is 14.5. The lowest BCUT2D eigenvalue weighted by Crippen LogP contribution is -2.54. The number of rotatable bonds is 3. The summed E-state index contributed by atoms with van der Waals surface area (Å²) in [5.74, 6) is 0. The average Bonchev–Trinajstić information content (AvgIpc) is 2.34. The lowest BCUT2D eigenvalue weighted by atomic mass is 9.96. The molecule has 2 rings (SSSR count). The molecule has 1 aromatic carbocycles. The summed E-state index contributed by atoms with van der Waals surface area (Å²) < 4.78 is 0. The van der Waals surface area contributed by atoms with E-state index in [1.807, 2.05) is 0 Å². The van der Waals surface area contributed by atoms with Gasteiger partial charge in [-0.05, 0) is 33.4 Å². The van der Waals surface area contributed by atoms with Crippen molar-refractivity contribution in [3.63, 3.8) is 0 Å².